The van der Waals surface area contributed by atoms with Crippen LogP contribution in [0, 0.1) is 5.92 Å². The zero-order valence-corrected chi connectivity index (χ0v) is 17.3. The fourth-order valence-electron chi connectivity index (χ4n) is 2.77. The highest BCUT2D eigenvalue weighted by Crippen LogP contribution is 2.25. The average Bonchev–Trinajstić information content (AvgIpc) is 3.10. The lowest BCUT2D eigenvalue weighted by Crippen LogP contribution is -2.13. The maximum absolute atomic E-state index is 11.5. The lowest BCUT2D eigenvalue weighted by Gasteiger charge is -2.10. The molecule has 0 saturated heterocycles. The molecule has 29 heavy (non-hydrogen) atoms. The van der Waals surface area contributed by atoms with Gasteiger partial charge in [0.2, 0.25) is 5.90 Å². The summed E-state index contributed by atoms with van der Waals surface area (Å²) in [6.45, 7) is 8.85. The Balaban J connectivity index is 1.76. The van der Waals surface area contributed by atoms with E-state index in [0.717, 1.165) is 28.9 Å². The van der Waals surface area contributed by atoms with Crippen LogP contribution in [0.5, 0.6) is 11.5 Å². The first-order valence-corrected chi connectivity index (χ1v) is 9.87. The summed E-state index contributed by atoms with van der Waals surface area (Å²) in [6.07, 6.45) is 2.02. The number of hydrogen-bond donors (Lipinski definition) is 0. The van der Waals surface area contributed by atoms with E-state index in [0.29, 0.717) is 24.1 Å². The summed E-state index contributed by atoms with van der Waals surface area (Å²) in [5.41, 5.74) is 2.31. The van der Waals surface area contributed by atoms with Gasteiger partial charge in [0.1, 0.15) is 11.5 Å². The summed E-state index contributed by atoms with van der Waals surface area (Å²) in [5, 5.41) is 0. The quantitative estimate of drug-likeness (QED) is 0.599. The minimum absolute atomic E-state index is 0.121. The molecule has 0 N–H and O–H groups in total. The van der Waals surface area contributed by atoms with Gasteiger partial charge in [-0.2, -0.15) is 0 Å². The monoisotopic (exact) mass is 393 g/mol. The van der Waals surface area contributed by atoms with E-state index in [2.05, 4.69) is 18.8 Å². The predicted octanol–water partition coefficient (Wildman–Crippen LogP) is 4.89. The van der Waals surface area contributed by atoms with E-state index in [1.165, 1.54) is 0 Å². The van der Waals surface area contributed by atoms with Crippen LogP contribution in [0.1, 0.15) is 38.8 Å². The molecule has 0 radical (unpaired) electrons. The third-order valence-electron chi connectivity index (χ3n) is 4.14. The fraction of sp³-hybridized carbons (Fsp3) is 0.333. The number of nitrogens with zero attached hydrogens (tertiary/aromatic N) is 1. The smallest absolute Gasteiger partial charge is 0.222 e. The molecule has 0 amide bonds. The summed E-state index contributed by atoms with van der Waals surface area (Å²) in [7, 11) is 0. The molecule has 1 atom stereocenters. The first kappa shape index (κ1) is 20.6. The number of carbonyl (C=O) groups is 1. The van der Waals surface area contributed by atoms with Gasteiger partial charge in [0, 0.05) is 5.56 Å². The molecule has 5 nitrogen and oxygen atoms in total. The van der Waals surface area contributed by atoms with E-state index in [1.807, 2.05) is 68.5 Å². The normalized spacial score (nSPS) is 17.4. The second-order valence-corrected chi connectivity index (χ2v) is 7.63. The Bertz CT molecular complexity index is 880. The minimum Gasteiger partial charge on any atom is -0.493 e. The number of rotatable bonds is 8. The Labute approximate surface area is 172 Å². The lowest BCUT2D eigenvalue weighted by molar-refractivity contribution is -0.112. The number of aliphatic imine (C=N–C) groups is 1. The highest BCUT2D eigenvalue weighted by atomic mass is 16.5. The van der Waals surface area contributed by atoms with Crippen LogP contribution in [0.25, 0.3) is 6.08 Å². The van der Waals surface area contributed by atoms with Crippen molar-refractivity contribution >= 4 is 18.3 Å². The molecule has 2 aromatic rings. The molecular formula is C24H27NO4. The number of hydrogen-bond acceptors (Lipinski definition) is 5. The second kappa shape index (κ2) is 9.41. The van der Waals surface area contributed by atoms with Gasteiger partial charge in [-0.25, -0.2) is 4.99 Å². The second-order valence-electron chi connectivity index (χ2n) is 7.63. The van der Waals surface area contributed by atoms with Crippen LogP contribution in [0.2, 0.25) is 0 Å². The first-order valence-electron chi connectivity index (χ1n) is 9.87. The van der Waals surface area contributed by atoms with Gasteiger partial charge in [0.15, 0.2) is 12.4 Å². The molecule has 152 valence electrons. The molecule has 0 aromatic heterocycles. The van der Waals surface area contributed by atoms with Crippen molar-refractivity contribution in [3.8, 4) is 11.5 Å². The number of aldehydes is 1. The van der Waals surface area contributed by atoms with Gasteiger partial charge in [0.25, 0.3) is 0 Å². The molecule has 0 saturated carbocycles. The molecule has 0 spiro atoms. The van der Waals surface area contributed by atoms with Crippen molar-refractivity contribution in [1.29, 1.82) is 0 Å². The Hall–Kier alpha value is -3.08. The summed E-state index contributed by atoms with van der Waals surface area (Å²) in [5.74, 6) is 2.50. The van der Waals surface area contributed by atoms with E-state index in [1.54, 1.807) is 0 Å². The van der Waals surface area contributed by atoms with Crippen LogP contribution < -0.4 is 9.47 Å². The summed E-state index contributed by atoms with van der Waals surface area (Å²) in [6, 6.07) is 15.2. The molecule has 1 aliphatic rings. The van der Waals surface area contributed by atoms with E-state index >= 15 is 0 Å². The minimum atomic E-state index is -0.714. The van der Waals surface area contributed by atoms with E-state index in [-0.39, 0.29) is 6.10 Å². The van der Waals surface area contributed by atoms with Crippen molar-refractivity contribution in [3.05, 3.63) is 65.4 Å². The summed E-state index contributed by atoms with van der Waals surface area (Å²) in [4.78, 5) is 16.0. The maximum atomic E-state index is 11.5. The first-order chi connectivity index (χ1) is 13.9. The molecule has 5 heteroatoms. The van der Waals surface area contributed by atoms with Gasteiger partial charge < -0.3 is 14.2 Å². The molecule has 3 rings (SSSR count). The molecule has 1 unspecified atom stereocenters. The topological polar surface area (TPSA) is 57.1 Å². The van der Waals surface area contributed by atoms with E-state index in [4.69, 9.17) is 14.2 Å². The van der Waals surface area contributed by atoms with Crippen LogP contribution >= 0.6 is 0 Å². The van der Waals surface area contributed by atoms with Crippen molar-refractivity contribution in [2.75, 3.05) is 6.61 Å². The molecule has 2 aromatic carbocycles. The van der Waals surface area contributed by atoms with Gasteiger partial charge in [-0.15, -0.1) is 0 Å². The van der Waals surface area contributed by atoms with Gasteiger partial charge in [-0.3, -0.25) is 4.79 Å². The van der Waals surface area contributed by atoms with Gasteiger partial charge in [0.05, 0.1) is 18.4 Å². The standard InChI is InChI=1S/C24H27NO4/c1-16(2)15-27-20-11-7-19(8-12-20)24-25-22(23(14-26)29-24)13-18-5-9-21(10-6-18)28-17(3)4/h5-14,16-17,23H,15H2,1-4H3. The van der Waals surface area contributed by atoms with Crippen LogP contribution in [0.3, 0.4) is 0 Å². The Kier molecular flexibility index (Phi) is 6.70. The SMILES string of the molecule is CC(C)COc1ccc(C2=NC(=Cc3ccc(OC(C)C)cc3)C(C=O)O2)cc1. The molecule has 0 aliphatic carbocycles. The number of carbonyl (C=O) groups excluding carboxylic acids is 1. The maximum Gasteiger partial charge on any atom is 0.222 e. The van der Waals surface area contributed by atoms with E-state index < -0.39 is 6.10 Å². The third-order valence-corrected chi connectivity index (χ3v) is 4.14. The van der Waals surface area contributed by atoms with Crippen molar-refractivity contribution in [2.24, 2.45) is 10.9 Å². The largest absolute Gasteiger partial charge is 0.493 e. The van der Waals surface area contributed by atoms with Crippen LogP contribution in [-0.2, 0) is 9.53 Å². The molecule has 0 bridgehead atoms. The zero-order chi connectivity index (χ0) is 20.8. The lowest BCUT2D eigenvalue weighted by atomic mass is 10.1. The van der Waals surface area contributed by atoms with Crippen molar-refractivity contribution in [3.63, 3.8) is 0 Å². The molecule has 0 fully saturated rings. The van der Waals surface area contributed by atoms with Gasteiger partial charge >= 0.3 is 0 Å². The number of ether oxygens (including phenoxy) is 3. The Morgan fingerprint density at radius 3 is 2.24 bits per heavy atom. The third kappa shape index (κ3) is 5.70. The number of benzene rings is 2. The van der Waals surface area contributed by atoms with Crippen molar-refractivity contribution < 1.29 is 19.0 Å². The molecule has 1 heterocycles. The van der Waals surface area contributed by atoms with Crippen LogP contribution in [-0.4, -0.2) is 31.0 Å². The van der Waals surface area contributed by atoms with E-state index in [9.17, 15) is 4.79 Å². The van der Waals surface area contributed by atoms with Crippen LogP contribution in [0.15, 0.2) is 59.2 Å². The zero-order valence-electron chi connectivity index (χ0n) is 17.3. The highest BCUT2D eigenvalue weighted by molar-refractivity contribution is 5.99. The fourth-order valence-corrected chi connectivity index (χ4v) is 2.77. The summed E-state index contributed by atoms with van der Waals surface area (Å²) < 4.78 is 17.1. The van der Waals surface area contributed by atoms with Crippen LogP contribution in [0.4, 0.5) is 0 Å². The Morgan fingerprint density at radius 1 is 1.00 bits per heavy atom. The molecule has 1 aliphatic heterocycles. The van der Waals surface area contributed by atoms with Crippen molar-refractivity contribution in [1.82, 2.24) is 0 Å². The summed E-state index contributed by atoms with van der Waals surface area (Å²) >= 11 is 0. The predicted molar refractivity (Wildman–Crippen MR) is 114 cm³/mol. The average molecular weight is 393 g/mol. The van der Waals surface area contributed by atoms with Gasteiger partial charge in [-0.1, -0.05) is 26.0 Å². The van der Waals surface area contributed by atoms with Gasteiger partial charge in [-0.05, 0) is 67.8 Å². The highest BCUT2D eigenvalue weighted by Gasteiger charge is 2.26. The van der Waals surface area contributed by atoms with Crippen molar-refractivity contribution in [2.45, 2.75) is 39.9 Å². The molecular weight excluding hydrogens is 366 g/mol. The Morgan fingerprint density at radius 2 is 1.66 bits per heavy atom.